The highest BCUT2D eigenvalue weighted by molar-refractivity contribution is 4.94. The number of hydrogen-bond donors (Lipinski definition) is 1. The lowest BCUT2D eigenvalue weighted by Crippen LogP contribution is -2.39. The van der Waals surface area contributed by atoms with Gasteiger partial charge < -0.3 is 5.32 Å². The van der Waals surface area contributed by atoms with Crippen LogP contribution >= 0.6 is 0 Å². The lowest BCUT2D eigenvalue weighted by atomic mass is 9.66. The molecule has 0 spiro atoms. The fraction of sp³-hybridized carbons (Fsp3) is 0.833. The lowest BCUT2D eigenvalue weighted by Gasteiger charge is -2.42. The molecule has 4 heteroatoms. The Bertz CT molecular complexity index is 328. The Morgan fingerprint density at radius 1 is 1.50 bits per heavy atom. The Morgan fingerprint density at radius 2 is 2.31 bits per heavy atom. The van der Waals surface area contributed by atoms with E-state index in [4.69, 9.17) is 0 Å². The molecule has 0 saturated heterocycles. The van der Waals surface area contributed by atoms with Gasteiger partial charge in [-0.15, -0.1) is 5.10 Å². The second kappa shape index (κ2) is 4.95. The molecule has 0 radical (unpaired) electrons. The molecular weight excluding hydrogens is 200 g/mol. The van der Waals surface area contributed by atoms with E-state index in [1.807, 2.05) is 17.9 Å². The van der Waals surface area contributed by atoms with Crippen LogP contribution in [0, 0.1) is 5.41 Å². The van der Waals surface area contributed by atoms with Crippen LogP contribution < -0.4 is 5.32 Å². The van der Waals surface area contributed by atoms with E-state index in [-0.39, 0.29) is 0 Å². The lowest BCUT2D eigenvalue weighted by molar-refractivity contribution is 0.115. The van der Waals surface area contributed by atoms with Gasteiger partial charge in [-0.05, 0) is 24.7 Å². The minimum atomic E-state index is 0.598. The van der Waals surface area contributed by atoms with Crippen molar-refractivity contribution in [1.82, 2.24) is 20.3 Å². The van der Waals surface area contributed by atoms with Crippen LogP contribution in [0.15, 0.2) is 6.20 Å². The van der Waals surface area contributed by atoms with Gasteiger partial charge in [0.1, 0.15) is 0 Å². The van der Waals surface area contributed by atoms with E-state index in [1.54, 1.807) is 0 Å². The first-order valence-corrected chi connectivity index (χ1v) is 6.30. The van der Waals surface area contributed by atoms with Gasteiger partial charge >= 0.3 is 0 Å². The second-order valence-corrected chi connectivity index (χ2v) is 5.06. The van der Waals surface area contributed by atoms with Crippen molar-refractivity contribution in [2.24, 2.45) is 12.5 Å². The van der Waals surface area contributed by atoms with E-state index in [0.717, 1.165) is 18.8 Å². The number of rotatable bonds is 6. The summed E-state index contributed by atoms with van der Waals surface area (Å²) in [6, 6.07) is 0. The minimum Gasteiger partial charge on any atom is -0.311 e. The molecule has 0 unspecified atom stereocenters. The predicted octanol–water partition coefficient (Wildman–Crippen LogP) is 1.88. The average Bonchev–Trinajstić information content (AvgIpc) is 2.61. The van der Waals surface area contributed by atoms with Crippen molar-refractivity contribution >= 4 is 0 Å². The van der Waals surface area contributed by atoms with E-state index in [2.05, 4.69) is 22.6 Å². The average molecular weight is 222 g/mol. The van der Waals surface area contributed by atoms with Crippen LogP contribution in [0.5, 0.6) is 0 Å². The third-order valence-electron chi connectivity index (χ3n) is 3.81. The number of hydrogen-bond acceptors (Lipinski definition) is 3. The molecule has 1 saturated carbocycles. The molecule has 4 nitrogen and oxygen atoms in total. The van der Waals surface area contributed by atoms with Gasteiger partial charge in [-0.2, -0.15) is 0 Å². The van der Waals surface area contributed by atoms with Crippen molar-refractivity contribution in [2.45, 2.75) is 45.6 Å². The highest BCUT2D eigenvalue weighted by Gasteiger charge is 2.35. The monoisotopic (exact) mass is 222 g/mol. The van der Waals surface area contributed by atoms with E-state index >= 15 is 0 Å². The van der Waals surface area contributed by atoms with E-state index in [9.17, 15) is 0 Å². The molecule has 2 rings (SSSR count). The molecule has 1 N–H and O–H groups in total. The Morgan fingerprint density at radius 3 is 2.81 bits per heavy atom. The topological polar surface area (TPSA) is 42.7 Å². The molecule has 1 aromatic heterocycles. The molecule has 0 aromatic carbocycles. The summed E-state index contributed by atoms with van der Waals surface area (Å²) in [6.07, 6.45) is 8.71. The van der Waals surface area contributed by atoms with Crippen molar-refractivity contribution in [3.05, 3.63) is 11.9 Å². The third kappa shape index (κ3) is 2.43. The Balaban J connectivity index is 1.77. The van der Waals surface area contributed by atoms with Crippen LogP contribution in [-0.2, 0) is 13.6 Å². The van der Waals surface area contributed by atoms with Gasteiger partial charge in [-0.3, -0.25) is 4.68 Å². The highest BCUT2D eigenvalue weighted by Crippen LogP contribution is 2.44. The number of aromatic nitrogens is 3. The molecule has 0 aliphatic heterocycles. The normalized spacial score (nSPS) is 18.4. The van der Waals surface area contributed by atoms with Gasteiger partial charge in [0, 0.05) is 20.1 Å². The third-order valence-corrected chi connectivity index (χ3v) is 3.81. The summed E-state index contributed by atoms with van der Waals surface area (Å²) in [5.74, 6) is 0. The maximum absolute atomic E-state index is 3.93. The van der Waals surface area contributed by atoms with Crippen LogP contribution in [0.2, 0.25) is 0 Å². The Hall–Kier alpha value is -0.900. The standard InChI is InChI=1S/C12H22N4/c1-3-5-12(6-4-7-12)10-13-8-11-9-14-15-16(11)2/h9,13H,3-8,10H2,1-2H3. The first-order valence-electron chi connectivity index (χ1n) is 6.30. The van der Waals surface area contributed by atoms with Crippen LogP contribution in [-0.4, -0.2) is 21.5 Å². The molecule has 1 aliphatic rings. The quantitative estimate of drug-likeness (QED) is 0.799. The summed E-state index contributed by atoms with van der Waals surface area (Å²) in [5.41, 5.74) is 1.76. The summed E-state index contributed by atoms with van der Waals surface area (Å²) in [5, 5.41) is 11.4. The molecule has 1 aliphatic carbocycles. The first-order chi connectivity index (χ1) is 7.76. The van der Waals surface area contributed by atoms with Gasteiger partial charge in [0.15, 0.2) is 0 Å². The van der Waals surface area contributed by atoms with Crippen molar-refractivity contribution in [2.75, 3.05) is 6.54 Å². The molecule has 1 heterocycles. The molecule has 0 bridgehead atoms. The minimum absolute atomic E-state index is 0.598. The van der Waals surface area contributed by atoms with Crippen molar-refractivity contribution in [3.63, 3.8) is 0 Å². The zero-order chi connectivity index (χ0) is 11.4. The zero-order valence-electron chi connectivity index (χ0n) is 10.4. The Kier molecular flexibility index (Phi) is 3.59. The molecule has 16 heavy (non-hydrogen) atoms. The fourth-order valence-corrected chi connectivity index (χ4v) is 2.65. The summed E-state index contributed by atoms with van der Waals surface area (Å²) < 4.78 is 1.83. The molecular formula is C12H22N4. The molecule has 1 aromatic rings. The van der Waals surface area contributed by atoms with E-state index in [1.165, 1.54) is 32.1 Å². The maximum Gasteiger partial charge on any atom is 0.0738 e. The van der Waals surface area contributed by atoms with Gasteiger partial charge in [0.05, 0.1) is 11.9 Å². The summed E-state index contributed by atoms with van der Waals surface area (Å²) >= 11 is 0. The van der Waals surface area contributed by atoms with Crippen LogP contribution in [0.25, 0.3) is 0 Å². The Labute approximate surface area is 97.4 Å². The maximum atomic E-state index is 3.93. The fourth-order valence-electron chi connectivity index (χ4n) is 2.65. The molecule has 0 atom stereocenters. The number of nitrogens with one attached hydrogen (secondary N) is 1. The summed E-state index contributed by atoms with van der Waals surface area (Å²) in [6.45, 7) is 4.31. The first kappa shape index (κ1) is 11.6. The SMILES string of the molecule is CCCC1(CNCc2cnnn2C)CCC1. The van der Waals surface area contributed by atoms with Crippen molar-refractivity contribution in [1.29, 1.82) is 0 Å². The number of aryl methyl sites for hydroxylation is 1. The van der Waals surface area contributed by atoms with E-state index in [0.29, 0.717) is 5.41 Å². The van der Waals surface area contributed by atoms with Crippen LogP contribution in [0.3, 0.4) is 0 Å². The van der Waals surface area contributed by atoms with E-state index < -0.39 is 0 Å². The highest BCUT2D eigenvalue weighted by atomic mass is 15.4. The van der Waals surface area contributed by atoms with Crippen molar-refractivity contribution < 1.29 is 0 Å². The molecule has 1 fully saturated rings. The zero-order valence-corrected chi connectivity index (χ0v) is 10.4. The van der Waals surface area contributed by atoms with Crippen molar-refractivity contribution in [3.8, 4) is 0 Å². The van der Waals surface area contributed by atoms with Gasteiger partial charge in [0.2, 0.25) is 0 Å². The predicted molar refractivity (Wildman–Crippen MR) is 63.9 cm³/mol. The smallest absolute Gasteiger partial charge is 0.0738 e. The van der Waals surface area contributed by atoms with Crippen LogP contribution in [0.4, 0.5) is 0 Å². The second-order valence-electron chi connectivity index (χ2n) is 5.06. The van der Waals surface area contributed by atoms with Crippen LogP contribution in [0.1, 0.15) is 44.7 Å². The summed E-state index contributed by atoms with van der Waals surface area (Å²) in [4.78, 5) is 0. The summed E-state index contributed by atoms with van der Waals surface area (Å²) in [7, 11) is 1.94. The molecule has 0 amide bonds. The van der Waals surface area contributed by atoms with Gasteiger partial charge in [-0.25, -0.2) is 0 Å². The van der Waals surface area contributed by atoms with Gasteiger partial charge in [-0.1, -0.05) is 25.0 Å². The van der Waals surface area contributed by atoms with Gasteiger partial charge in [0.25, 0.3) is 0 Å². The largest absolute Gasteiger partial charge is 0.311 e. The molecule has 90 valence electrons. The number of nitrogens with zero attached hydrogens (tertiary/aromatic N) is 3.